The molecule has 0 unspecified atom stereocenters. The van der Waals surface area contributed by atoms with E-state index in [2.05, 4.69) is 28.2 Å². The Labute approximate surface area is 190 Å². The maximum absolute atomic E-state index is 13.0. The topological polar surface area (TPSA) is 72.4 Å². The first-order valence-corrected chi connectivity index (χ1v) is 11.1. The molecule has 1 fully saturated rings. The van der Waals surface area contributed by atoms with Gasteiger partial charge in [-0.1, -0.05) is 35.4 Å². The van der Waals surface area contributed by atoms with E-state index in [0.717, 1.165) is 35.2 Å². The van der Waals surface area contributed by atoms with Gasteiger partial charge in [0.2, 0.25) is 0 Å². The molecule has 3 rings (SSSR count). The molecule has 0 spiro atoms. The number of likely N-dealkylation sites (tertiary alicyclic amines) is 1. The van der Waals surface area contributed by atoms with Crippen LogP contribution in [-0.2, 0) is 4.74 Å². The molecular formula is C26H33N3O3. The van der Waals surface area contributed by atoms with Crippen molar-refractivity contribution >= 4 is 18.0 Å². The van der Waals surface area contributed by atoms with Gasteiger partial charge >= 0.3 is 6.09 Å². The third kappa shape index (κ3) is 6.25. The summed E-state index contributed by atoms with van der Waals surface area (Å²) >= 11 is 0. The Hall–Kier alpha value is -3.02. The summed E-state index contributed by atoms with van der Waals surface area (Å²) < 4.78 is 5.49. The lowest BCUT2D eigenvalue weighted by atomic mass is 9.89. The van der Waals surface area contributed by atoms with Crippen molar-refractivity contribution in [1.29, 1.82) is 0 Å². The molecular weight excluding hydrogens is 402 g/mol. The van der Waals surface area contributed by atoms with Crippen LogP contribution in [0.15, 0.2) is 30.5 Å². The monoisotopic (exact) mass is 435 g/mol. The SMILES string of the molecule is Cc1cc(C)cc(/C=C/C(=O)c2cnc(C)nc2C2CCN(C(=O)OC(C)(C)C)CC2)c1. The van der Waals surface area contributed by atoms with Crippen molar-refractivity contribution in [2.75, 3.05) is 13.1 Å². The summed E-state index contributed by atoms with van der Waals surface area (Å²) in [5, 5.41) is 0. The van der Waals surface area contributed by atoms with Crippen LogP contribution in [0.1, 0.15) is 78.1 Å². The molecule has 170 valence electrons. The lowest BCUT2D eigenvalue weighted by molar-refractivity contribution is 0.0203. The number of carbonyl (C=O) groups excluding carboxylic acids is 2. The molecule has 1 amide bonds. The fourth-order valence-electron chi connectivity index (χ4n) is 4.02. The van der Waals surface area contributed by atoms with Crippen LogP contribution >= 0.6 is 0 Å². The first-order valence-electron chi connectivity index (χ1n) is 11.1. The zero-order valence-corrected chi connectivity index (χ0v) is 19.9. The van der Waals surface area contributed by atoms with Crippen molar-refractivity contribution in [2.45, 2.75) is 65.9 Å². The first kappa shape index (κ1) is 23.6. The molecule has 0 bridgehead atoms. The van der Waals surface area contributed by atoms with E-state index >= 15 is 0 Å². The van der Waals surface area contributed by atoms with Crippen molar-refractivity contribution in [2.24, 2.45) is 0 Å². The van der Waals surface area contributed by atoms with Gasteiger partial charge in [-0.15, -0.1) is 0 Å². The van der Waals surface area contributed by atoms with Crippen LogP contribution in [0.2, 0.25) is 0 Å². The lowest BCUT2D eigenvalue weighted by Gasteiger charge is -2.33. The molecule has 0 aliphatic carbocycles. The molecule has 1 aliphatic rings. The van der Waals surface area contributed by atoms with E-state index in [1.807, 2.05) is 47.6 Å². The summed E-state index contributed by atoms with van der Waals surface area (Å²) in [6.07, 6.45) is 6.25. The van der Waals surface area contributed by atoms with Gasteiger partial charge in [0.25, 0.3) is 0 Å². The van der Waals surface area contributed by atoms with Gasteiger partial charge in [-0.3, -0.25) is 4.79 Å². The summed E-state index contributed by atoms with van der Waals surface area (Å²) in [5.41, 5.74) is 4.11. The fourth-order valence-corrected chi connectivity index (χ4v) is 4.02. The van der Waals surface area contributed by atoms with E-state index in [1.54, 1.807) is 17.2 Å². The summed E-state index contributed by atoms with van der Waals surface area (Å²) in [4.78, 5) is 36.0. The van der Waals surface area contributed by atoms with Gasteiger partial charge in [0, 0.05) is 25.2 Å². The summed E-state index contributed by atoms with van der Waals surface area (Å²) in [6.45, 7) is 12.7. The average molecular weight is 436 g/mol. The average Bonchev–Trinajstić information content (AvgIpc) is 2.70. The maximum atomic E-state index is 13.0. The lowest BCUT2D eigenvalue weighted by Crippen LogP contribution is -2.41. The van der Waals surface area contributed by atoms with Gasteiger partial charge in [0.15, 0.2) is 5.78 Å². The van der Waals surface area contributed by atoms with E-state index in [0.29, 0.717) is 24.5 Å². The molecule has 1 aromatic carbocycles. The third-order valence-corrected chi connectivity index (χ3v) is 5.41. The van der Waals surface area contributed by atoms with Crippen LogP contribution in [0, 0.1) is 20.8 Å². The molecule has 2 aromatic rings. The Bertz CT molecular complexity index is 1010. The number of aromatic nitrogens is 2. The van der Waals surface area contributed by atoms with Crippen molar-refractivity contribution in [3.8, 4) is 0 Å². The molecule has 0 saturated carbocycles. The van der Waals surface area contributed by atoms with Gasteiger partial charge in [-0.05, 0) is 66.0 Å². The Morgan fingerprint density at radius 1 is 1.06 bits per heavy atom. The van der Waals surface area contributed by atoms with Crippen molar-refractivity contribution in [3.63, 3.8) is 0 Å². The van der Waals surface area contributed by atoms with E-state index in [1.165, 1.54) is 0 Å². The molecule has 6 nitrogen and oxygen atoms in total. The number of benzene rings is 1. The summed E-state index contributed by atoms with van der Waals surface area (Å²) in [6, 6.07) is 6.21. The minimum Gasteiger partial charge on any atom is -0.444 e. The van der Waals surface area contributed by atoms with Crippen LogP contribution in [-0.4, -0.2) is 45.4 Å². The number of piperidine rings is 1. The Kier molecular flexibility index (Phi) is 7.12. The van der Waals surface area contributed by atoms with Gasteiger partial charge in [-0.2, -0.15) is 0 Å². The van der Waals surface area contributed by atoms with Gasteiger partial charge in [-0.25, -0.2) is 14.8 Å². The van der Waals surface area contributed by atoms with Crippen LogP contribution in [0.25, 0.3) is 6.08 Å². The zero-order valence-electron chi connectivity index (χ0n) is 19.9. The number of allylic oxidation sites excluding steroid dienone is 1. The third-order valence-electron chi connectivity index (χ3n) is 5.41. The Morgan fingerprint density at radius 2 is 1.69 bits per heavy atom. The van der Waals surface area contributed by atoms with Crippen molar-refractivity contribution in [3.05, 3.63) is 64.2 Å². The van der Waals surface area contributed by atoms with E-state index in [-0.39, 0.29) is 17.8 Å². The minimum absolute atomic E-state index is 0.101. The number of ketones is 1. The van der Waals surface area contributed by atoms with Gasteiger partial charge in [0.1, 0.15) is 11.4 Å². The second-order valence-electron chi connectivity index (χ2n) is 9.58. The molecule has 2 heterocycles. The maximum Gasteiger partial charge on any atom is 0.410 e. The second-order valence-corrected chi connectivity index (χ2v) is 9.58. The standard InChI is InChI=1S/C26H33N3O3/c1-17-13-18(2)15-20(14-17)7-8-23(30)22-16-27-19(3)28-24(22)21-9-11-29(12-10-21)25(31)32-26(4,5)6/h7-8,13-16,21H,9-12H2,1-6H3/b8-7+. The molecule has 1 aliphatic heterocycles. The number of carbonyl (C=O) groups is 2. The number of nitrogens with zero attached hydrogens (tertiary/aromatic N) is 3. The number of hydrogen-bond acceptors (Lipinski definition) is 5. The molecule has 1 saturated heterocycles. The van der Waals surface area contributed by atoms with Crippen LogP contribution in [0.5, 0.6) is 0 Å². The van der Waals surface area contributed by atoms with E-state index < -0.39 is 5.60 Å². The largest absolute Gasteiger partial charge is 0.444 e. The number of rotatable bonds is 4. The molecule has 32 heavy (non-hydrogen) atoms. The number of ether oxygens (including phenoxy) is 1. The van der Waals surface area contributed by atoms with E-state index in [4.69, 9.17) is 4.74 Å². The zero-order chi connectivity index (χ0) is 23.5. The summed E-state index contributed by atoms with van der Waals surface area (Å²) in [7, 11) is 0. The Morgan fingerprint density at radius 3 is 2.28 bits per heavy atom. The normalized spacial score (nSPS) is 15.2. The van der Waals surface area contributed by atoms with E-state index in [9.17, 15) is 9.59 Å². The van der Waals surface area contributed by atoms with Crippen LogP contribution in [0.4, 0.5) is 4.79 Å². The Balaban J connectivity index is 1.75. The van der Waals surface area contributed by atoms with Crippen molar-refractivity contribution in [1.82, 2.24) is 14.9 Å². The first-order chi connectivity index (χ1) is 15.0. The highest BCUT2D eigenvalue weighted by atomic mass is 16.6. The van der Waals surface area contributed by atoms with Crippen LogP contribution < -0.4 is 0 Å². The number of amides is 1. The van der Waals surface area contributed by atoms with Crippen molar-refractivity contribution < 1.29 is 14.3 Å². The van der Waals surface area contributed by atoms with Gasteiger partial charge < -0.3 is 9.64 Å². The molecule has 1 aromatic heterocycles. The minimum atomic E-state index is -0.514. The highest BCUT2D eigenvalue weighted by Crippen LogP contribution is 2.30. The molecule has 0 N–H and O–H groups in total. The molecule has 0 radical (unpaired) electrons. The predicted molar refractivity (Wildman–Crippen MR) is 126 cm³/mol. The van der Waals surface area contributed by atoms with Crippen LogP contribution in [0.3, 0.4) is 0 Å². The molecule has 0 atom stereocenters. The smallest absolute Gasteiger partial charge is 0.410 e. The number of hydrogen-bond donors (Lipinski definition) is 0. The predicted octanol–water partition coefficient (Wildman–Crippen LogP) is 5.41. The highest BCUT2D eigenvalue weighted by Gasteiger charge is 2.30. The quantitative estimate of drug-likeness (QED) is 0.474. The van der Waals surface area contributed by atoms with Gasteiger partial charge in [0.05, 0.1) is 11.3 Å². The fraction of sp³-hybridized carbons (Fsp3) is 0.462. The summed E-state index contributed by atoms with van der Waals surface area (Å²) in [5.74, 6) is 0.641. The highest BCUT2D eigenvalue weighted by molar-refractivity contribution is 6.07. The second kappa shape index (κ2) is 9.63. The molecule has 6 heteroatoms. The number of aryl methyl sites for hydroxylation is 3.